The van der Waals surface area contributed by atoms with E-state index in [1.807, 2.05) is 54.6 Å². The highest BCUT2D eigenvalue weighted by atomic mass is 16.3. The van der Waals surface area contributed by atoms with Crippen LogP contribution in [0.2, 0.25) is 0 Å². The molecule has 4 aromatic carbocycles. The second kappa shape index (κ2) is 7.81. The summed E-state index contributed by atoms with van der Waals surface area (Å²) in [4.78, 5) is 23.7. The van der Waals surface area contributed by atoms with Gasteiger partial charge in [-0.15, -0.1) is 0 Å². The molecule has 0 saturated heterocycles. The Kier molecular flexibility index (Phi) is 4.35. The van der Waals surface area contributed by atoms with Gasteiger partial charge in [-0.2, -0.15) is 0 Å². The van der Waals surface area contributed by atoms with E-state index in [0.29, 0.717) is 28.8 Å². The third-order valence-electron chi connectivity index (χ3n) is 6.01. The summed E-state index contributed by atoms with van der Waals surface area (Å²) in [6.07, 6.45) is 1.69. The number of nitrogens with zero attached hydrogens (tertiary/aromatic N) is 5. The number of aromatic nitrogens is 5. The monoisotopic (exact) mass is 451 g/mol. The molecule has 0 aliphatic carbocycles. The van der Waals surface area contributed by atoms with Gasteiger partial charge < -0.3 is 4.42 Å². The summed E-state index contributed by atoms with van der Waals surface area (Å²) < 4.78 is 5.92. The molecule has 0 aliphatic rings. The van der Waals surface area contributed by atoms with Crippen molar-refractivity contribution in [2.45, 2.75) is 0 Å². The average Bonchev–Trinajstić information content (AvgIpc) is 3.37. The van der Waals surface area contributed by atoms with E-state index in [0.717, 1.165) is 38.4 Å². The van der Waals surface area contributed by atoms with Gasteiger partial charge in [-0.3, -0.25) is 0 Å². The Morgan fingerprint density at radius 2 is 1.40 bits per heavy atom. The molecule has 3 heterocycles. The second-order valence-corrected chi connectivity index (χ2v) is 8.20. The molecule has 0 spiro atoms. The average molecular weight is 451 g/mol. The zero-order valence-electron chi connectivity index (χ0n) is 18.5. The Morgan fingerprint density at radius 3 is 2.31 bits per heavy atom. The van der Waals surface area contributed by atoms with E-state index in [4.69, 9.17) is 19.4 Å². The van der Waals surface area contributed by atoms with Gasteiger partial charge in [-0.1, -0.05) is 72.8 Å². The lowest BCUT2D eigenvalue weighted by Crippen LogP contribution is -2.00. The van der Waals surface area contributed by atoms with Crippen molar-refractivity contribution in [3.8, 4) is 34.5 Å². The lowest BCUT2D eigenvalue weighted by Gasteiger charge is -2.11. The van der Waals surface area contributed by atoms with E-state index in [2.05, 4.69) is 46.4 Å². The fourth-order valence-electron chi connectivity index (χ4n) is 4.35. The van der Waals surface area contributed by atoms with Crippen LogP contribution >= 0.6 is 0 Å². The van der Waals surface area contributed by atoms with Crippen molar-refractivity contribution in [3.63, 3.8) is 0 Å². The molecular formula is C29H17N5O. The SMILES string of the molecule is c1ccc(-c2nc(-c3nccc(-c4nc5ccccc5o4)n3)nc3c2ccc2ccccc23)cc1. The third-order valence-corrected chi connectivity index (χ3v) is 6.01. The maximum Gasteiger partial charge on any atom is 0.246 e. The minimum absolute atomic E-state index is 0.414. The van der Waals surface area contributed by atoms with E-state index in [-0.39, 0.29) is 0 Å². The van der Waals surface area contributed by atoms with Gasteiger partial charge >= 0.3 is 0 Å². The summed E-state index contributed by atoms with van der Waals surface area (Å²) in [5.41, 5.74) is 4.78. The maximum atomic E-state index is 5.92. The Bertz CT molecular complexity index is 1830. The van der Waals surface area contributed by atoms with Crippen molar-refractivity contribution >= 4 is 32.8 Å². The van der Waals surface area contributed by atoms with Crippen molar-refractivity contribution in [1.82, 2.24) is 24.9 Å². The molecule has 0 fully saturated rings. The predicted molar refractivity (Wildman–Crippen MR) is 137 cm³/mol. The lowest BCUT2D eigenvalue weighted by molar-refractivity contribution is 0.616. The summed E-state index contributed by atoms with van der Waals surface area (Å²) in [6.45, 7) is 0. The molecule has 0 N–H and O–H groups in total. The van der Waals surface area contributed by atoms with Crippen LogP contribution in [0.3, 0.4) is 0 Å². The number of hydrogen-bond donors (Lipinski definition) is 0. The molecule has 7 aromatic rings. The zero-order chi connectivity index (χ0) is 23.2. The van der Waals surface area contributed by atoms with E-state index < -0.39 is 0 Å². The van der Waals surface area contributed by atoms with Gasteiger partial charge in [-0.05, 0) is 29.7 Å². The van der Waals surface area contributed by atoms with E-state index >= 15 is 0 Å². The molecular weight excluding hydrogens is 434 g/mol. The fraction of sp³-hybridized carbons (Fsp3) is 0. The number of fused-ring (bicyclic) bond motifs is 4. The van der Waals surface area contributed by atoms with Crippen molar-refractivity contribution in [1.29, 1.82) is 0 Å². The maximum absolute atomic E-state index is 5.92. The van der Waals surface area contributed by atoms with Crippen molar-refractivity contribution in [3.05, 3.63) is 103 Å². The molecule has 7 rings (SSSR count). The first-order valence-corrected chi connectivity index (χ1v) is 11.3. The molecule has 0 atom stereocenters. The normalized spacial score (nSPS) is 11.4. The molecule has 6 heteroatoms. The standard InChI is InChI=1S/C29H17N5O/c1-2-9-19(10-3-1)25-21-15-14-18-8-4-5-11-20(18)26(21)34-28(33-25)27-30-17-16-23(31-27)29-32-22-12-6-7-13-24(22)35-29/h1-17H. The molecule has 0 unspecified atom stereocenters. The van der Waals surface area contributed by atoms with E-state index in [9.17, 15) is 0 Å². The summed E-state index contributed by atoms with van der Waals surface area (Å²) in [5.74, 6) is 1.30. The van der Waals surface area contributed by atoms with Crippen LogP contribution in [0.25, 0.3) is 67.3 Å². The molecule has 6 nitrogen and oxygen atoms in total. The van der Waals surface area contributed by atoms with Crippen molar-refractivity contribution in [2.24, 2.45) is 0 Å². The minimum Gasteiger partial charge on any atom is -0.435 e. The number of rotatable bonds is 3. The number of benzene rings is 4. The van der Waals surface area contributed by atoms with Crippen LogP contribution in [-0.4, -0.2) is 24.9 Å². The van der Waals surface area contributed by atoms with Gasteiger partial charge in [-0.25, -0.2) is 24.9 Å². The first-order valence-electron chi connectivity index (χ1n) is 11.3. The molecule has 0 amide bonds. The largest absolute Gasteiger partial charge is 0.435 e. The predicted octanol–water partition coefficient (Wildman–Crippen LogP) is 6.72. The van der Waals surface area contributed by atoms with Gasteiger partial charge in [0.15, 0.2) is 17.2 Å². The minimum atomic E-state index is 0.414. The lowest BCUT2D eigenvalue weighted by atomic mass is 10.0. The summed E-state index contributed by atoms with van der Waals surface area (Å²) >= 11 is 0. The Morgan fingerprint density at radius 1 is 0.571 bits per heavy atom. The quantitative estimate of drug-likeness (QED) is 0.278. The highest BCUT2D eigenvalue weighted by molar-refractivity contribution is 6.09. The zero-order valence-corrected chi connectivity index (χ0v) is 18.5. The Hall–Kier alpha value is -4.97. The molecule has 0 radical (unpaired) electrons. The smallest absolute Gasteiger partial charge is 0.246 e. The van der Waals surface area contributed by atoms with Crippen LogP contribution in [-0.2, 0) is 0 Å². The Balaban J connectivity index is 1.47. The third kappa shape index (κ3) is 3.31. The summed E-state index contributed by atoms with van der Waals surface area (Å²) in [6, 6.07) is 32.0. The van der Waals surface area contributed by atoms with Crippen LogP contribution in [0.1, 0.15) is 0 Å². The Labute approximate surface area is 200 Å². The molecule has 0 bridgehead atoms. The molecule has 0 aliphatic heterocycles. The van der Waals surface area contributed by atoms with Crippen molar-refractivity contribution in [2.75, 3.05) is 0 Å². The second-order valence-electron chi connectivity index (χ2n) is 8.20. The topological polar surface area (TPSA) is 77.6 Å². The number of para-hydroxylation sites is 2. The molecule has 0 saturated carbocycles. The van der Waals surface area contributed by atoms with Gasteiger partial charge in [0, 0.05) is 22.5 Å². The van der Waals surface area contributed by atoms with Crippen LogP contribution in [0.4, 0.5) is 0 Å². The van der Waals surface area contributed by atoms with E-state index in [1.54, 1.807) is 12.3 Å². The van der Waals surface area contributed by atoms with Gasteiger partial charge in [0.25, 0.3) is 0 Å². The summed E-state index contributed by atoms with van der Waals surface area (Å²) in [7, 11) is 0. The number of oxazole rings is 1. The van der Waals surface area contributed by atoms with Gasteiger partial charge in [0.05, 0.1) is 11.2 Å². The molecule has 3 aromatic heterocycles. The highest BCUT2D eigenvalue weighted by Gasteiger charge is 2.17. The van der Waals surface area contributed by atoms with Crippen LogP contribution in [0.5, 0.6) is 0 Å². The molecule has 164 valence electrons. The number of hydrogen-bond acceptors (Lipinski definition) is 6. The van der Waals surface area contributed by atoms with E-state index in [1.165, 1.54) is 0 Å². The van der Waals surface area contributed by atoms with Crippen LogP contribution in [0, 0.1) is 0 Å². The van der Waals surface area contributed by atoms with Crippen LogP contribution in [0.15, 0.2) is 108 Å². The first-order chi connectivity index (χ1) is 17.3. The van der Waals surface area contributed by atoms with Crippen LogP contribution < -0.4 is 0 Å². The summed E-state index contributed by atoms with van der Waals surface area (Å²) in [5, 5.41) is 3.15. The molecule has 35 heavy (non-hydrogen) atoms. The van der Waals surface area contributed by atoms with Gasteiger partial charge in [0.2, 0.25) is 5.89 Å². The van der Waals surface area contributed by atoms with Crippen molar-refractivity contribution < 1.29 is 4.42 Å². The highest BCUT2D eigenvalue weighted by Crippen LogP contribution is 2.33. The fourth-order valence-corrected chi connectivity index (χ4v) is 4.35. The van der Waals surface area contributed by atoms with Gasteiger partial charge in [0.1, 0.15) is 11.2 Å². The first kappa shape index (κ1) is 19.5.